The maximum Gasteiger partial charge on any atom is 0.323 e. The number of nitrogens with one attached hydrogen (secondary N) is 1. The molecule has 108 valence electrons. The first kappa shape index (κ1) is 14.5. The molecule has 0 saturated heterocycles. The third kappa shape index (κ3) is 3.17. The summed E-state index contributed by atoms with van der Waals surface area (Å²) in [5, 5.41) is 12.1. The van der Waals surface area contributed by atoms with Crippen molar-refractivity contribution in [2.45, 2.75) is 6.92 Å². The van der Waals surface area contributed by atoms with E-state index in [2.05, 4.69) is 26.3 Å². The summed E-state index contributed by atoms with van der Waals surface area (Å²) in [5.41, 5.74) is 1.26. The lowest BCUT2D eigenvalue weighted by atomic mass is 10.2. The van der Waals surface area contributed by atoms with Gasteiger partial charge in [0.2, 0.25) is 11.9 Å². The molecular weight excluding hydrogens is 268 g/mol. The molecule has 0 aliphatic heterocycles. The molecule has 0 radical (unpaired) electrons. The molecule has 0 unspecified atom stereocenters. The van der Waals surface area contributed by atoms with E-state index in [1.165, 1.54) is 0 Å². The van der Waals surface area contributed by atoms with E-state index in [1.807, 2.05) is 25.1 Å². The van der Waals surface area contributed by atoms with E-state index >= 15 is 0 Å². The van der Waals surface area contributed by atoms with Crippen molar-refractivity contribution >= 4 is 17.6 Å². The minimum atomic E-state index is 0.244. The molecule has 1 heterocycles. The molecule has 0 fully saturated rings. The summed E-state index contributed by atoms with van der Waals surface area (Å²) in [6.45, 7) is 2.32. The predicted molar refractivity (Wildman–Crippen MR) is 79.8 cm³/mol. The van der Waals surface area contributed by atoms with Crippen LogP contribution in [0.15, 0.2) is 24.3 Å². The SMILES string of the molecule is CCOc1nc(NC)nc(N(C)c2ccccc2C#N)n1. The second-order valence-electron chi connectivity index (χ2n) is 4.11. The number of benzene rings is 1. The molecule has 1 N–H and O–H groups in total. The topological polar surface area (TPSA) is 87.0 Å². The van der Waals surface area contributed by atoms with Gasteiger partial charge in [-0.3, -0.25) is 0 Å². The van der Waals surface area contributed by atoms with Crippen molar-refractivity contribution in [3.05, 3.63) is 29.8 Å². The highest BCUT2D eigenvalue weighted by Gasteiger charge is 2.14. The van der Waals surface area contributed by atoms with Gasteiger partial charge < -0.3 is 15.0 Å². The third-order valence-corrected chi connectivity index (χ3v) is 2.79. The summed E-state index contributed by atoms with van der Waals surface area (Å²) in [7, 11) is 3.51. The van der Waals surface area contributed by atoms with Crippen molar-refractivity contribution in [1.29, 1.82) is 5.26 Å². The first-order valence-electron chi connectivity index (χ1n) is 6.49. The Morgan fingerprint density at radius 1 is 1.29 bits per heavy atom. The number of nitriles is 1. The van der Waals surface area contributed by atoms with E-state index in [1.54, 1.807) is 25.1 Å². The second-order valence-corrected chi connectivity index (χ2v) is 4.11. The standard InChI is InChI=1S/C14H16N6O/c1-4-21-14-18-12(16-2)17-13(19-14)20(3)11-8-6-5-7-10(11)9-15/h5-8H,4H2,1-3H3,(H,16,17,18,19). The molecule has 7 nitrogen and oxygen atoms in total. The first-order chi connectivity index (χ1) is 10.2. The normalized spacial score (nSPS) is 9.81. The molecule has 2 rings (SSSR count). The van der Waals surface area contributed by atoms with Crippen LogP contribution in [0, 0.1) is 11.3 Å². The van der Waals surface area contributed by atoms with Gasteiger partial charge in [0.05, 0.1) is 17.9 Å². The van der Waals surface area contributed by atoms with Crippen LogP contribution in [0.25, 0.3) is 0 Å². The monoisotopic (exact) mass is 284 g/mol. The summed E-state index contributed by atoms with van der Waals surface area (Å²) < 4.78 is 5.34. The molecule has 0 amide bonds. The van der Waals surface area contributed by atoms with Crippen molar-refractivity contribution in [1.82, 2.24) is 15.0 Å². The molecule has 7 heteroatoms. The van der Waals surface area contributed by atoms with Crippen molar-refractivity contribution in [3.8, 4) is 12.1 Å². The van der Waals surface area contributed by atoms with Gasteiger partial charge in [0.1, 0.15) is 6.07 Å². The quantitative estimate of drug-likeness (QED) is 0.897. The van der Waals surface area contributed by atoms with Crippen molar-refractivity contribution in [3.63, 3.8) is 0 Å². The van der Waals surface area contributed by atoms with Gasteiger partial charge in [-0.05, 0) is 19.1 Å². The highest BCUT2D eigenvalue weighted by molar-refractivity contribution is 5.65. The van der Waals surface area contributed by atoms with Crippen LogP contribution < -0.4 is 15.0 Å². The maximum atomic E-state index is 9.19. The molecule has 0 saturated carbocycles. The molecule has 0 bridgehead atoms. The predicted octanol–water partition coefficient (Wildman–Crippen LogP) is 1.95. The van der Waals surface area contributed by atoms with Crippen molar-refractivity contribution < 1.29 is 4.74 Å². The molecule has 1 aromatic heterocycles. The number of aromatic nitrogens is 3. The molecular formula is C14H16N6O. The van der Waals surface area contributed by atoms with Crippen LogP contribution in [0.2, 0.25) is 0 Å². The Morgan fingerprint density at radius 3 is 2.71 bits per heavy atom. The van der Waals surface area contributed by atoms with Gasteiger partial charge in [0, 0.05) is 14.1 Å². The highest BCUT2D eigenvalue weighted by Crippen LogP contribution is 2.25. The lowest BCUT2D eigenvalue weighted by molar-refractivity contribution is 0.312. The van der Waals surface area contributed by atoms with Crippen LogP contribution in [0.4, 0.5) is 17.6 Å². The second kappa shape index (κ2) is 6.52. The molecule has 2 aromatic rings. The molecule has 21 heavy (non-hydrogen) atoms. The zero-order valence-electron chi connectivity index (χ0n) is 12.2. The lowest BCUT2D eigenvalue weighted by Gasteiger charge is -2.19. The van der Waals surface area contributed by atoms with Crippen LogP contribution in [-0.4, -0.2) is 35.7 Å². The Labute approximate surface area is 123 Å². The summed E-state index contributed by atoms with van der Waals surface area (Å²) in [6.07, 6.45) is 0. The summed E-state index contributed by atoms with van der Waals surface area (Å²) in [6, 6.07) is 9.65. The molecule has 0 aliphatic rings. The third-order valence-electron chi connectivity index (χ3n) is 2.79. The molecule has 0 atom stereocenters. The van der Waals surface area contributed by atoms with Gasteiger partial charge in [-0.2, -0.15) is 20.2 Å². The van der Waals surface area contributed by atoms with Crippen molar-refractivity contribution in [2.75, 3.05) is 30.9 Å². The summed E-state index contributed by atoms with van der Waals surface area (Å²) >= 11 is 0. The number of hydrogen-bond acceptors (Lipinski definition) is 7. The van der Waals surface area contributed by atoms with Crippen molar-refractivity contribution in [2.24, 2.45) is 0 Å². The highest BCUT2D eigenvalue weighted by atomic mass is 16.5. The fourth-order valence-corrected chi connectivity index (χ4v) is 1.77. The smallest absolute Gasteiger partial charge is 0.323 e. The van der Waals surface area contributed by atoms with Crippen LogP contribution in [0.3, 0.4) is 0 Å². The van der Waals surface area contributed by atoms with E-state index in [-0.39, 0.29) is 6.01 Å². The van der Waals surface area contributed by atoms with Gasteiger partial charge in [-0.25, -0.2) is 0 Å². The van der Waals surface area contributed by atoms with Crippen LogP contribution >= 0.6 is 0 Å². The van der Waals surface area contributed by atoms with Crippen LogP contribution in [0.5, 0.6) is 6.01 Å². The fourth-order valence-electron chi connectivity index (χ4n) is 1.77. The van der Waals surface area contributed by atoms with Crippen LogP contribution in [0.1, 0.15) is 12.5 Å². The number of rotatable bonds is 5. The van der Waals surface area contributed by atoms with Gasteiger partial charge in [0.25, 0.3) is 0 Å². The average Bonchev–Trinajstić information content (AvgIpc) is 2.54. The number of hydrogen-bond donors (Lipinski definition) is 1. The van der Waals surface area contributed by atoms with Crippen LogP contribution in [-0.2, 0) is 0 Å². The molecule has 1 aromatic carbocycles. The number of anilines is 3. The van der Waals surface area contributed by atoms with Gasteiger partial charge in [-0.15, -0.1) is 0 Å². The summed E-state index contributed by atoms with van der Waals surface area (Å²) in [5.74, 6) is 0.810. The molecule has 0 aliphatic carbocycles. The zero-order valence-corrected chi connectivity index (χ0v) is 12.2. The lowest BCUT2D eigenvalue weighted by Crippen LogP contribution is -2.16. The minimum absolute atomic E-state index is 0.244. The average molecular weight is 284 g/mol. The first-order valence-corrected chi connectivity index (χ1v) is 6.49. The van der Waals surface area contributed by atoms with E-state index in [9.17, 15) is 5.26 Å². The largest absolute Gasteiger partial charge is 0.464 e. The van der Waals surface area contributed by atoms with Gasteiger partial charge >= 0.3 is 6.01 Å². The van der Waals surface area contributed by atoms with Gasteiger partial charge in [0.15, 0.2) is 0 Å². The van der Waals surface area contributed by atoms with E-state index < -0.39 is 0 Å². The Bertz CT molecular complexity index is 667. The van der Waals surface area contributed by atoms with E-state index in [4.69, 9.17) is 4.74 Å². The maximum absolute atomic E-state index is 9.19. The summed E-state index contributed by atoms with van der Waals surface area (Å²) in [4.78, 5) is 14.4. The van der Waals surface area contributed by atoms with E-state index in [0.717, 1.165) is 5.69 Å². The Balaban J connectivity index is 2.45. The number of ether oxygens (including phenoxy) is 1. The minimum Gasteiger partial charge on any atom is -0.464 e. The zero-order chi connectivity index (χ0) is 15.2. The van der Waals surface area contributed by atoms with E-state index in [0.29, 0.717) is 24.1 Å². The Morgan fingerprint density at radius 2 is 2.05 bits per heavy atom. The fraction of sp³-hybridized carbons (Fsp3) is 0.286. The Kier molecular flexibility index (Phi) is 4.51. The number of nitrogens with zero attached hydrogens (tertiary/aromatic N) is 5. The number of para-hydroxylation sites is 1. The van der Waals surface area contributed by atoms with Gasteiger partial charge in [-0.1, -0.05) is 12.1 Å². The Hall–Kier alpha value is -2.88. The molecule has 0 spiro atoms.